The minimum Gasteiger partial charge on any atom is -0.324 e. The van der Waals surface area contributed by atoms with E-state index in [1.165, 1.54) is 0 Å². The molecule has 1 amide bonds. The number of pyridine rings is 1. The Labute approximate surface area is 112 Å². The fourth-order valence-electron chi connectivity index (χ4n) is 2.54. The average Bonchev–Trinajstić information content (AvgIpc) is 2.55. The lowest BCUT2D eigenvalue weighted by Crippen LogP contribution is -2.48. The summed E-state index contributed by atoms with van der Waals surface area (Å²) < 4.78 is 0. The third-order valence-electron chi connectivity index (χ3n) is 3.33. The molecule has 2 aliphatic rings. The Morgan fingerprint density at radius 3 is 2.88 bits per heavy atom. The van der Waals surface area contributed by atoms with Crippen LogP contribution in [0.1, 0.15) is 18.5 Å². The fraction of sp³-hybridized carbons (Fsp3) is 0.455. The van der Waals surface area contributed by atoms with Gasteiger partial charge in [0.25, 0.3) is 0 Å². The van der Waals surface area contributed by atoms with Crippen LogP contribution in [0.25, 0.3) is 0 Å². The maximum absolute atomic E-state index is 12.0. The number of nitrogens with one attached hydrogen (secondary N) is 2. The maximum Gasteiger partial charge on any atom is 0.238 e. The quantitative estimate of drug-likeness (QED) is 0.755. The van der Waals surface area contributed by atoms with E-state index in [1.807, 2.05) is 12.1 Å². The van der Waals surface area contributed by atoms with Gasteiger partial charge >= 0.3 is 0 Å². The monoisotopic (exact) mass is 275 g/mol. The number of aromatic nitrogens is 1. The molecule has 1 aromatic rings. The molecule has 4 nitrogen and oxygen atoms in total. The van der Waals surface area contributed by atoms with Gasteiger partial charge in [-0.25, -0.2) is 0 Å². The zero-order valence-corrected chi connectivity index (χ0v) is 10.9. The van der Waals surface area contributed by atoms with Gasteiger partial charge in [0.2, 0.25) is 5.91 Å². The number of halogens is 2. The molecule has 17 heavy (non-hydrogen) atoms. The number of amides is 1. The number of carbonyl (C=O) groups is 1. The molecule has 6 heteroatoms. The van der Waals surface area contributed by atoms with E-state index in [1.54, 1.807) is 6.20 Å². The Kier molecular flexibility index (Phi) is 4.36. The van der Waals surface area contributed by atoms with Crippen molar-refractivity contribution in [3.8, 4) is 0 Å². The molecule has 1 fully saturated rings. The van der Waals surface area contributed by atoms with Crippen LogP contribution in [-0.2, 0) is 10.2 Å². The summed E-state index contributed by atoms with van der Waals surface area (Å²) in [7, 11) is 0. The Balaban J connectivity index is 0.000000722. The second kappa shape index (κ2) is 5.21. The molecule has 3 heterocycles. The normalized spacial score (nSPS) is 25.5. The van der Waals surface area contributed by atoms with Crippen LogP contribution >= 0.6 is 24.8 Å². The fourth-order valence-corrected chi connectivity index (χ4v) is 2.54. The van der Waals surface area contributed by atoms with Crippen molar-refractivity contribution in [3.63, 3.8) is 0 Å². The predicted molar refractivity (Wildman–Crippen MR) is 71.1 cm³/mol. The Morgan fingerprint density at radius 1 is 1.35 bits per heavy atom. The van der Waals surface area contributed by atoms with Crippen molar-refractivity contribution >= 4 is 36.4 Å². The third kappa shape index (κ3) is 2.01. The zero-order chi connectivity index (χ0) is 10.3. The smallest absolute Gasteiger partial charge is 0.238 e. The molecular formula is C11H15Cl2N3O. The van der Waals surface area contributed by atoms with E-state index in [4.69, 9.17) is 0 Å². The molecule has 2 N–H and O–H groups in total. The molecule has 0 bridgehead atoms. The Hall–Kier alpha value is -0.840. The van der Waals surface area contributed by atoms with Crippen LogP contribution in [0.2, 0.25) is 0 Å². The standard InChI is InChI=1S/C11H13N3O.2ClH/c15-10-11(4-2-5-12-7-11)9-8(14-10)3-1-6-13-9;;/h1,3,6,12H,2,4-5,7H2,(H,14,15);2*1H. The van der Waals surface area contributed by atoms with Crippen molar-refractivity contribution in [1.82, 2.24) is 10.3 Å². The maximum atomic E-state index is 12.0. The minimum absolute atomic E-state index is 0. The molecule has 1 saturated heterocycles. The summed E-state index contributed by atoms with van der Waals surface area (Å²) in [6, 6.07) is 3.78. The van der Waals surface area contributed by atoms with Crippen molar-refractivity contribution in [2.75, 3.05) is 18.4 Å². The summed E-state index contributed by atoms with van der Waals surface area (Å²) in [5.41, 5.74) is 1.39. The molecule has 0 saturated carbocycles. The van der Waals surface area contributed by atoms with Gasteiger partial charge in [0.05, 0.1) is 11.4 Å². The average molecular weight is 276 g/mol. The molecule has 1 atom stereocenters. The first-order chi connectivity index (χ1) is 7.33. The summed E-state index contributed by atoms with van der Waals surface area (Å²) in [5, 5.41) is 6.20. The van der Waals surface area contributed by atoms with Gasteiger partial charge in [-0.15, -0.1) is 24.8 Å². The summed E-state index contributed by atoms with van der Waals surface area (Å²) in [4.78, 5) is 16.4. The van der Waals surface area contributed by atoms with E-state index in [0.29, 0.717) is 6.54 Å². The number of carbonyl (C=O) groups excluding carboxylic acids is 1. The molecule has 0 aliphatic carbocycles. The topological polar surface area (TPSA) is 54.0 Å². The van der Waals surface area contributed by atoms with Crippen LogP contribution < -0.4 is 10.6 Å². The van der Waals surface area contributed by atoms with Gasteiger partial charge in [-0.2, -0.15) is 0 Å². The highest BCUT2D eigenvalue weighted by molar-refractivity contribution is 6.05. The summed E-state index contributed by atoms with van der Waals surface area (Å²) >= 11 is 0. The van der Waals surface area contributed by atoms with E-state index in [9.17, 15) is 4.79 Å². The lowest BCUT2D eigenvalue weighted by Gasteiger charge is -2.30. The number of anilines is 1. The van der Waals surface area contributed by atoms with Crippen LogP contribution in [0.4, 0.5) is 5.69 Å². The van der Waals surface area contributed by atoms with Gasteiger partial charge in [-0.05, 0) is 31.5 Å². The highest BCUT2D eigenvalue weighted by Crippen LogP contribution is 2.40. The van der Waals surface area contributed by atoms with Crippen LogP contribution in [0.5, 0.6) is 0 Å². The van der Waals surface area contributed by atoms with Gasteiger partial charge in [0.15, 0.2) is 0 Å². The minimum atomic E-state index is -0.408. The number of piperidine rings is 1. The molecule has 0 aromatic carbocycles. The molecule has 3 rings (SSSR count). The molecule has 0 radical (unpaired) electrons. The van der Waals surface area contributed by atoms with Gasteiger partial charge in [0.1, 0.15) is 5.41 Å². The first-order valence-electron chi connectivity index (χ1n) is 5.31. The second-order valence-corrected chi connectivity index (χ2v) is 4.22. The molecule has 1 aromatic heterocycles. The Bertz CT molecular complexity index is 419. The van der Waals surface area contributed by atoms with Crippen LogP contribution in [0, 0.1) is 0 Å². The number of nitrogens with zero attached hydrogens (tertiary/aromatic N) is 1. The lowest BCUT2D eigenvalue weighted by molar-refractivity contribution is -0.121. The highest BCUT2D eigenvalue weighted by Gasteiger charge is 2.48. The van der Waals surface area contributed by atoms with Crippen molar-refractivity contribution < 1.29 is 4.79 Å². The zero-order valence-electron chi connectivity index (χ0n) is 9.23. The summed E-state index contributed by atoms with van der Waals surface area (Å²) in [5.74, 6) is 0.100. The van der Waals surface area contributed by atoms with Crippen molar-refractivity contribution in [3.05, 3.63) is 24.0 Å². The van der Waals surface area contributed by atoms with Crippen LogP contribution in [0.3, 0.4) is 0 Å². The van der Waals surface area contributed by atoms with Crippen molar-refractivity contribution in [2.24, 2.45) is 0 Å². The number of rotatable bonds is 0. The van der Waals surface area contributed by atoms with E-state index in [-0.39, 0.29) is 30.7 Å². The van der Waals surface area contributed by atoms with E-state index in [0.717, 1.165) is 30.8 Å². The van der Waals surface area contributed by atoms with Gasteiger partial charge in [-0.3, -0.25) is 9.78 Å². The lowest BCUT2D eigenvalue weighted by atomic mass is 9.78. The first-order valence-corrected chi connectivity index (χ1v) is 5.31. The molecular weight excluding hydrogens is 261 g/mol. The highest BCUT2D eigenvalue weighted by atomic mass is 35.5. The molecule has 2 aliphatic heterocycles. The van der Waals surface area contributed by atoms with Gasteiger partial charge < -0.3 is 10.6 Å². The predicted octanol–water partition coefficient (Wildman–Crippen LogP) is 1.50. The second-order valence-electron chi connectivity index (χ2n) is 4.22. The van der Waals surface area contributed by atoms with Gasteiger partial charge in [0, 0.05) is 12.7 Å². The SMILES string of the molecule is Cl.Cl.O=C1Nc2cccnc2C12CCCNC2. The number of hydrogen-bond donors (Lipinski definition) is 2. The summed E-state index contributed by atoms with van der Waals surface area (Å²) in [6.45, 7) is 1.71. The van der Waals surface area contributed by atoms with Crippen LogP contribution in [-0.4, -0.2) is 24.0 Å². The Morgan fingerprint density at radius 2 is 2.18 bits per heavy atom. The van der Waals surface area contributed by atoms with E-state index < -0.39 is 5.41 Å². The summed E-state index contributed by atoms with van der Waals surface area (Å²) in [6.07, 6.45) is 3.69. The first kappa shape index (κ1) is 14.2. The van der Waals surface area contributed by atoms with E-state index in [2.05, 4.69) is 15.6 Å². The third-order valence-corrected chi connectivity index (χ3v) is 3.33. The molecule has 94 valence electrons. The van der Waals surface area contributed by atoms with E-state index >= 15 is 0 Å². The van der Waals surface area contributed by atoms with Crippen LogP contribution in [0.15, 0.2) is 18.3 Å². The van der Waals surface area contributed by atoms with Gasteiger partial charge in [-0.1, -0.05) is 0 Å². The van der Waals surface area contributed by atoms with Crippen molar-refractivity contribution in [1.29, 1.82) is 0 Å². The number of fused-ring (bicyclic) bond motifs is 2. The molecule has 1 spiro atoms. The van der Waals surface area contributed by atoms with Crippen molar-refractivity contribution in [2.45, 2.75) is 18.3 Å². The number of hydrogen-bond acceptors (Lipinski definition) is 3. The molecule has 1 unspecified atom stereocenters. The largest absolute Gasteiger partial charge is 0.324 e.